The summed E-state index contributed by atoms with van der Waals surface area (Å²) in [5.41, 5.74) is -0.0987. The van der Waals surface area contributed by atoms with Crippen LogP contribution in [0.2, 0.25) is 5.02 Å². The molecule has 2 fully saturated rings. The number of fused-ring (bicyclic) bond motifs is 2. The van der Waals surface area contributed by atoms with Crippen molar-refractivity contribution in [2.45, 2.75) is 44.7 Å². The molecule has 1 aromatic heterocycles. The summed E-state index contributed by atoms with van der Waals surface area (Å²) in [4.78, 5) is 15.8. The lowest BCUT2D eigenvalue weighted by Gasteiger charge is -2.62. The molecule has 9 nitrogen and oxygen atoms in total. The molecule has 4 rings (SSSR count). The Kier molecular flexibility index (Phi) is 4.97. The highest BCUT2D eigenvalue weighted by atomic mass is 35.5. The number of nitrogens with zero attached hydrogens (tertiary/aromatic N) is 4. The van der Waals surface area contributed by atoms with E-state index in [1.807, 2.05) is 0 Å². The number of nitrogens with one attached hydrogen (secondary N) is 3. The zero-order chi connectivity index (χ0) is 21.6. The van der Waals surface area contributed by atoms with E-state index in [-0.39, 0.29) is 23.9 Å². The van der Waals surface area contributed by atoms with Crippen LogP contribution in [0, 0.1) is 22.7 Å². The number of urea groups is 1. The van der Waals surface area contributed by atoms with E-state index in [1.165, 1.54) is 6.92 Å². The molecule has 0 spiro atoms. The van der Waals surface area contributed by atoms with E-state index in [0.717, 1.165) is 17.4 Å². The van der Waals surface area contributed by atoms with Crippen LogP contribution in [0.4, 0.5) is 14.9 Å². The van der Waals surface area contributed by atoms with Crippen LogP contribution in [0.15, 0.2) is 24.4 Å². The van der Waals surface area contributed by atoms with E-state index in [2.05, 4.69) is 22.4 Å². The zero-order valence-electron chi connectivity index (χ0n) is 16.4. The van der Waals surface area contributed by atoms with E-state index < -0.39 is 11.5 Å². The number of hydrogen-bond acceptors (Lipinski definition) is 6. The molecule has 30 heavy (non-hydrogen) atoms. The summed E-state index contributed by atoms with van der Waals surface area (Å²) in [6, 6.07) is 4.36. The van der Waals surface area contributed by atoms with Crippen molar-refractivity contribution in [2.24, 2.45) is 5.92 Å². The number of rotatable bonds is 3. The van der Waals surface area contributed by atoms with Crippen molar-refractivity contribution in [3.05, 3.63) is 35.4 Å². The van der Waals surface area contributed by atoms with E-state index in [1.54, 1.807) is 23.1 Å². The minimum atomic E-state index is -0.851. The fourth-order valence-corrected chi connectivity index (χ4v) is 4.70. The van der Waals surface area contributed by atoms with Gasteiger partial charge in [-0.15, -0.1) is 9.90 Å². The third-order valence-electron chi connectivity index (χ3n) is 5.53. The first-order chi connectivity index (χ1) is 14.2. The Labute approximate surface area is 177 Å². The fourth-order valence-electron chi connectivity index (χ4n) is 4.50. The molecule has 1 saturated heterocycles. The number of piperidine rings is 1. The van der Waals surface area contributed by atoms with Crippen molar-refractivity contribution in [1.29, 1.82) is 10.8 Å². The number of anilines is 1. The van der Waals surface area contributed by atoms with Crippen molar-refractivity contribution in [2.75, 3.05) is 5.32 Å². The lowest BCUT2D eigenvalue weighted by atomic mass is 9.64. The van der Waals surface area contributed by atoms with E-state index >= 15 is 0 Å². The summed E-state index contributed by atoms with van der Waals surface area (Å²) in [6.07, 6.45) is 3.05. The minimum absolute atomic E-state index is 0.00242. The van der Waals surface area contributed by atoms with E-state index in [0.29, 0.717) is 35.2 Å². The lowest BCUT2D eigenvalue weighted by molar-refractivity contribution is -0.0539. The first-order valence-corrected chi connectivity index (χ1v) is 9.87. The molecule has 3 unspecified atom stereocenters. The number of likely N-dealkylation sites (tertiary alicyclic amines) is 1. The first kappa shape index (κ1) is 20.3. The Morgan fingerprint density at radius 1 is 1.40 bits per heavy atom. The Hall–Kier alpha value is -3.01. The molecule has 2 heterocycles. The number of ether oxygens (including phenoxy) is 1. The second-order valence-electron chi connectivity index (χ2n) is 7.84. The van der Waals surface area contributed by atoms with Crippen molar-refractivity contribution >= 4 is 35.1 Å². The molecule has 2 bridgehead atoms. The average Bonchev–Trinajstić information content (AvgIpc) is 3.08. The SMILES string of the molecule is CC(=N)OC(=N)C12CC(C)CC(C1)N2C(=O)Nc1ccc(Cl)c(-n2ncc(F)n2)c1. The molecule has 1 aliphatic heterocycles. The number of halogens is 2. The van der Waals surface area contributed by atoms with Crippen LogP contribution in [0.5, 0.6) is 0 Å². The van der Waals surface area contributed by atoms with Gasteiger partial charge in [0.1, 0.15) is 17.4 Å². The number of amides is 2. The molecule has 1 aromatic carbocycles. The van der Waals surface area contributed by atoms with Gasteiger partial charge >= 0.3 is 6.03 Å². The van der Waals surface area contributed by atoms with Crippen molar-refractivity contribution in [3.8, 4) is 5.69 Å². The lowest BCUT2D eigenvalue weighted by Crippen LogP contribution is -2.75. The van der Waals surface area contributed by atoms with Crippen LogP contribution < -0.4 is 5.32 Å². The monoisotopic (exact) mass is 433 g/mol. The number of carbonyl (C=O) groups is 1. The fraction of sp³-hybridized carbons (Fsp3) is 0.421. The van der Waals surface area contributed by atoms with Gasteiger partial charge in [-0.2, -0.15) is 9.49 Å². The van der Waals surface area contributed by atoms with Crippen LogP contribution >= 0.6 is 11.6 Å². The summed E-state index contributed by atoms with van der Waals surface area (Å²) in [7, 11) is 0. The number of hydrogen-bond donors (Lipinski definition) is 3. The molecule has 1 aliphatic carbocycles. The van der Waals surface area contributed by atoms with Gasteiger partial charge in [-0.25, -0.2) is 4.79 Å². The predicted octanol–water partition coefficient (Wildman–Crippen LogP) is 3.83. The summed E-state index contributed by atoms with van der Waals surface area (Å²) in [5, 5.41) is 26.4. The summed E-state index contributed by atoms with van der Waals surface area (Å²) in [6.45, 7) is 3.54. The summed E-state index contributed by atoms with van der Waals surface area (Å²) >= 11 is 6.17. The van der Waals surface area contributed by atoms with Crippen molar-refractivity contribution in [1.82, 2.24) is 19.9 Å². The first-order valence-electron chi connectivity index (χ1n) is 9.50. The van der Waals surface area contributed by atoms with E-state index in [4.69, 9.17) is 27.2 Å². The Balaban J connectivity index is 1.58. The predicted molar refractivity (Wildman–Crippen MR) is 109 cm³/mol. The highest BCUT2D eigenvalue weighted by Gasteiger charge is 2.62. The largest absolute Gasteiger partial charge is 0.428 e. The van der Waals surface area contributed by atoms with Crippen LogP contribution in [0.25, 0.3) is 5.69 Å². The molecule has 3 N–H and O–H groups in total. The van der Waals surface area contributed by atoms with Crippen molar-refractivity contribution < 1.29 is 13.9 Å². The zero-order valence-corrected chi connectivity index (χ0v) is 17.2. The highest BCUT2D eigenvalue weighted by Crippen LogP contribution is 2.50. The van der Waals surface area contributed by atoms with Gasteiger partial charge in [0, 0.05) is 25.1 Å². The maximum atomic E-state index is 13.2. The highest BCUT2D eigenvalue weighted by molar-refractivity contribution is 6.32. The summed E-state index contributed by atoms with van der Waals surface area (Å²) in [5.74, 6) is -0.575. The second-order valence-corrected chi connectivity index (χ2v) is 8.25. The average molecular weight is 434 g/mol. The van der Waals surface area contributed by atoms with Gasteiger partial charge < -0.3 is 15.0 Å². The maximum Gasteiger partial charge on any atom is 0.322 e. The van der Waals surface area contributed by atoms with Gasteiger partial charge in [-0.3, -0.25) is 10.8 Å². The number of aromatic nitrogens is 3. The van der Waals surface area contributed by atoms with E-state index in [9.17, 15) is 9.18 Å². The topological polar surface area (TPSA) is 120 Å². The molecule has 158 valence electrons. The second kappa shape index (κ2) is 7.35. The van der Waals surface area contributed by atoms with Gasteiger partial charge in [0.05, 0.1) is 5.02 Å². The quantitative estimate of drug-likeness (QED) is 0.503. The standard InChI is InChI=1S/C19H21ClFN7O2/c1-10-5-13-8-19(7-10,17(23)30-11(2)22)27(13)18(29)25-12-3-4-14(20)15(6-12)28-24-9-16(21)26-28/h3-4,6,9-10,13,22-23H,5,7-8H2,1-2H3,(H,25,29). The molecule has 2 aromatic rings. The molecule has 11 heteroatoms. The molecule has 0 radical (unpaired) electrons. The third-order valence-corrected chi connectivity index (χ3v) is 5.85. The van der Waals surface area contributed by atoms with Gasteiger partial charge in [0.2, 0.25) is 5.90 Å². The third kappa shape index (κ3) is 3.41. The van der Waals surface area contributed by atoms with Gasteiger partial charge in [0.15, 0.2) is 5.90 Å². The smallest absolute Gasteiger partial charge is 0.322 e. The Bertz CT molecular complexity index is 1040. The number of benzene rings is 1. The van der Waals surface area contributed by atoms with Gasteiger partial charge in [-0.05, 0) is 37.0 Å². The molecule has 2 amide bonds. The van der Waals surface area contributed by atoms with Gasteiger partial charge in [0.25, 0.3) is 5.95 Å². The number of carbonyl (C=O) groups excluding carboxylic acids is 1. The van der Waals surface area contributed by atoms with Crippen LogP contribution in [0.1, 0.15) is 33.1 Å². The summed E-state index contributed by atoms with van der Waals surface area (Å²) < 4.78 is 18.5. The van der Waals surface area contributed by atoms with Gasteiger partial charge in [-0.1, -0.05) is 18.5 Å². The van der Waals surface area contributed by atoms with Crippen LogP contribution in [-0.4, -0.2) is 49.3 Å². The normalized spacial score (nSPS) is 24.7. The Morgan fingerprint density at radius 3 is 2.83 bits per heavy atom. The molecular formula is C19H21ClFN7O2. The molecule has 1 saturated carbocycles. The maximum absolute atomic E-state index is 13.2. The van der Waals surface area contributed by atoms with Crippen LogP contribution in [0.3, 0.4) is 0 Å². The van der Waals surface area contributed by atoms with Crippen LogP contribution in [-0.2, 0) is 4.74 Å². The molecule has 3 atom stereocenters. The van der Waals surface area contributed by atoms with Crippen molar-refractivity contribution in [3.63, 3.8) is 0 Å². The minimum Gasteiger partial charge on any atom is -0.428 e. The molecular weight excluding hydrogens is 413 g/mol. The Morgan fingerprint density at radius 2 is 2.17 bits per heavy atom. The molecule has 2 aliphatic rings.